The van der Waals surface area contributed by atoms with Crippen molar-refractivity contribution in [3.8, 4) is 0 Å². The van der Waals surface area contributed by atoms with Crippen molar-refractivity contribution in [2.24, 2.45) is 4.99 Å². The molecule has 1 atom stereocenters. The van der Waals surface area contributed by atoms with Gasteiger partial charge in [0.15, 0.2) is 5.96 Å². The minimum Gasteiger partial charge on any atom is -0.379 e. The quantitative estimate of drug-likeness (QED) is 0.392. The molecule has 1 saturated heterocycles. The summed E-state index contributed by atoms with van der Waals surface area (Å²) in [4.78, 5) is 4.30. The van der Waals surface area contributed by atoms with E-state index < -0.39 is 0 Å². The van der Waals surface area contributed by atoms with E-state index in [1.165, 1.54) is 5.56 Å². The summed E-state index contributed by atoms with van der Waals surface area (Å²) in [6, 6.07) is 8.35. The Labute approximate surface area is 159 Å². The van der Waals surface area contributed by atoms with Crippen LogP contribution in [-0.2, 0) is 14.9 Å². The zero-order valence-electron chi connectivity index (χ0n) is 15.5. The standard InChI is InChI=1S/C19H30BrN3O2/c1-19(2,16-7-4-5-8-17(16)20)14-23-18(21-3)22-10-6-11-25-15-9-12-24-13-15/h4-5,7-8,15H,6,9-14H2,1-3H3,(H2,21,22,23). The second kappa shape index (κ2) is 10.1. The molecule has 2 N–H and O–H groups in total. The second-order valence-electron chi connectivity index (χ2n) is 6.93. The summed E-state index contributed by atoms with van der Waals surface area (Å²) >= 11 is 3.65. The molecule has 0 aliphatic carbocycles. The third kappa shape index (κ3) is 6.60. The molecular formula is C19H30BrN3O2. The van der Waals surface area contributed by atoms with Gasteiger partial charge >= 0.3 is 0 Å². The molecule has 0 bridgehead atoms. The third-order valence-corrected chi connectivity index (χ3v) is 5.07. The zero-order chi connectivity index (χ0) is 18.1. The van der Waals surface area contributed by atoms with E-state index >= 15 is 0 Å². The fourth-order valence-corrected chi connectivity index (χ4v) is 3.63. The lowest BCUT2D eigenvalue weighted by atomic mass is 9.84. The predicted molar refractivity (Wildman–Crippen MR) is 106 cm³/mol. The Bertz CT molecular complexity index is 557. The van der Waals surface area contributed by atoms with Gasteiger partial charge in [0.1, 0.15) is 0 Å². The maximum absolute atomic E-state index is 5.77. The van der Waals surface area contributed by atoms with E-state index in [0.717, 1.165) is 56.2 Å². The SMILES string of the molecule is CN=C(NCCCOC1CCOC1)NCC(C)(C)c1ccccc1Br. The van der Waals surface area contributed by atoms with Gasteiger partial charge in [0.05, 0.1) is 12.7 Å². The molecule has 1 unspecified atom stereocenters. The summed E-state index contributed by atoms with van der Waals surface area (Å²) < 4.78 is 12.2. The van der Waals surface area contributed by atoms with Gasteiger partial charge in [-0.2, -0.15) is 0 Å². The van der Waals surface area contributed by atoms with Crippen molar-refractivity contribution in [3.05, 3.63) is 34.3 Å². The van der Waals surface area contributed by atoms with E-state index in [2.05, 4.69) is 63.6 Å². The summed E-state index contributed by atoms with van der Waals surface area (Å²) in [5.74, 6) is 0.823. The Morgan fingerprint density at radius 2 is 2.16 bits per heavy atom. The molecule has 0 saturated carbocycles. The van der Waals surface area contributed by atoms with Crippen molar-refractivity contribution in [2.75, 3.05) is 40.0 Å². The van der Waals surface area contributed by atoms with Crippen LogP contribution in [0.4, 0.5) is 0 Å². The van der Waals surface area contributed by atoms with Gasteiger partial charge in [-0.3, -0.25) is 4.99 Å². The molecule has 25 heavy (non-hydrogen) atoms. The van der Waals surface area contributed by atoms with Crippen molar-refractivity contribution in [1.29, 1.82) is 0 Å². The fraction of sp³-hybridized carbons (Fsp3) is 0.632. The van der Waals surface area contributed by atoms with E-state index in [4.69, 9.17) is 9.47 Å². The van der Waals surface area contributed by atoms with E-state index in [-0.39, 0.29) is 11.5 Å². The second-order valence-corrected chi connectivity index (χ2v) is 7.78. The molecule has 5 nitrogen and oxygen atoms in total. The first-order valence-corrected chi connectivity index (χ1v) is 9.71. The van der Waals surface area contributed by atoms with Crippen LogP contribution < -0.4 is 10.6 Å². The Morgan fingerprint density at radius 1 is 1.36 bits per heavy atom. The molecule has 140 valence electrons. The highest BCUT2D eigenvalue weighted by Gasteiger charge is 2.23. The average molecular weight is 412 g/mol. The van der Waals surface area contributed by atoms with Gasteiger partial charge in [-0.05, 0) is 24.5 Å². The average Bonchev–Trinajstić information content (AvgIpc) is 3.11. The number of hydrogen-bond acceptors (Lipinski definition) is 3. The first-order chi connectivity index (χ1) is 12.0. The predicted octanol–water partition coefficient (Wildman–Crippen LogP) is 3.09. The van der Waals surface area contributed by atoms with Gasteiger partial charge in [-0.25, -0.2) is 0 Å². The number of guanidine groups is 1. The fourth-order valence-electron chi connectivity index (χ4n) is 2.80. The lowest BCUT2D eigenvalue weighted by Gasteiger charge is -2.27. The third-order valence-electron chi connectivity index (χ3n) is 4.38. The number of aliphatic imine (C=N–C) groups is 1. The van der Waals surface area contributed by atoms with Gasteiger partial charge in [-0.1, -0.05) is 48.0 Å². The van der Waals surface area contributed by atoms with Crippen molar-refractivity contribution in [2.45, 2.75) is 38.2 Å². The van der Waals surface area contributed by atoms with Crippen LogP contribution in [0.25, 0.3) is 0 Å². The van der Waals surface area contributed by atoms with Crippen molar-refractivity contribution < 1.29 is 9.47 Å². The molecule has 1 aliphatic heterocycles. The molecular weight excluding hydrogens is 382 g/mol. The minimum absolute atomic E-state index is 0.0106. The zero-order valence-corrected chi connectivity index (χ0v) is 17.1. The van der Waals surface area contributed by atoms with Crippen LogP contribution in [-0.4, -0.2) is 52.0 Å². The van der Waals surface area contributed by atoms with Crippen LogP contribution in [0.5, 0.6) is 0 Å². The number of ether oxygens (including phenoxy) is 2. The molecule has 1 heterocycles. The largest absolute Gasteiger partial charge is 0.379 e. The van der Waals surface area contributed by atoms with E-state index in [1.807, 2.05) is 6.07 Å². The highest BCUT2D eigenvalue weighted by atomic mass is 79.9. The van der Waals surface area contributed by atoms with Gasteiger partial charge in [0.2, 0.25) is 0 Å². The van der Waals surface area contributed by atoms with Crippen molar-refractivity contribution in [1.82, 2.24) is 10.6 Å². The summed E-state index contributed by atoms with van der Waals surface area (Å²) in [7, 11) is 1.80. The van der Waals surface area contributed by atoms with Crippen LogP contribution in [0, 0.1) is 0 Å². The van der Waals surface area contributed by atoms with Crippen LogP contribution >= 0.6 is 15.9 Å². The van der Waals surface area contributed by atoms with Crippen LogP contribution in [0.2, 0.25) is 0 Å². The molecule has 0 aromatic heterocycles. The van der Waals surface area contributed by atoms with Crippen molar-refractivity contribution in [3.63, 3.8) is 0 Å². The van der Waals surface area contributed by atoms with Crippen molar-refractivity contribution >= 4 is 21.9 Å². The maximum Gasteiger partial charge on any atom is 0.191 e. The molecule has 2 rings (SSSR count). The first kappa shape index (κ1) is 20.2. The molecule has 1 fully saturated rings. The Kier molecular flexibility index (Phi) is 8.19. The van der Waals surface area contributed by atoms with Gasteiger partial charge in [0, 0.05) is 43.2 Å². The molecule has 1 aromatic rings. The van der Waals surface area contributed by atoms with E-state index in [9.17, 15) is 0 Å². The summed E-state index contributed by atoms with van der Waals surface area (Å²) in [6.45, 7) is 8.40. The van der Waals surface area contributed by atoms with Crippen LogP contribution in [0.15, 0.2) is 33.7 Å². The van der Waals surface area contributed by atoms with Gasteiger partial charge < -0.3 is 20.1 Å². The first-order valence-electron chi connectivity index (χ1n) is 8.92. The Hall–Kier alpha value is -1.11. The lowest BCUT2D eigenvalue weighted by molar-refractivity contribution is 0.0420. The van der Waals surface area contributed by atoms with E-state index in [0.29, 0.717) is 0 Å². The topological polar surface area (TPSA) is 54.9 Å². The van der Waals surface area contributed by atoms with Crippen LogP contribution in [0.3, 0.4) is 0 Å². The molecule has 0 spiro atoms. The smallest absolute Gasteiger partial charge is 0.191 e. The number of nitrogens with one attached hydrogen (secondary N) is 2. The number of nitrogens with zero attached hydrogens (tertiary/aromatic N) is 1. The highest BCUT2D eigenvalue weighted by molar-refractivity contribution is 9.10. The van der Waals surface area contributed by atoms with Gasteiger partial charge in [0.25, 0.3) is 0 Å². The molecule has 1 aliphatic rings. The number of hydrogen-bond donors (Lipinski definition) is 2. The minimum atomic E-state index is -0.0106. The number of rotatable bonds is 8. The molecule has 0 radical (unpaired) electrons. The normalized spacial score (nSPS) is 18.4. The molecule has 0 amide bonds. The number of halogens is 1. The summed E-state index contributed by atoms with van der Waals surface area (Å²) in [5, 5.41) is 6.77. The lowest BCUT2D eigenvalue weighted by Crippen LogP contribution is -2.44. The molecule has 6 heteroatoms. The Balaban J connectivity index is 1.69. The maximum atomic E-state index is 5.77. The summed E-state index contributed by atoms with van der Waals surface area (Å²) in [5.41, 5.74) is 1.27. The van der Waals surface area contributed by atoms with E-state index in [1.54, 1.807) is 7.05 Å². The highest BCUT2D eigenvalue weighted by Crippen LogP contribution is 2.29. The van der Waals surface area contributed by atoms with Gasteiger partial charge in [-0.15, -0.1) is 0 Å². The molecule has 1 aromatic carbocycles. The van der Waals surface area contributed by atoms with Crippen LogP contribution in [0.1, 0.15) is 32.3 Å². The number of benzene rings is 1. The Morgan fingerprint density at radius 3 is 2.84 bits per heavy atom. The monoisotopic (exact) mass is 411 g/mol. The summed E-state index contributed by atoms with van der Waals surface area (Å²) in [6.07, 6.45) is 2.24.